The van der Waals surface area contributed by atoms with Gasteiger partial charge in [0, 0.05) is 13.0 Å². The molecule has 1 aromatic rings. The zero-order chi connectivity index (χ0) is 17.4. The summed E-state index contributed by atoms with van der Waals surface area (Å²) < 4.78 is 16.1. The van der Waals surface area contributed by atoms with Crippen LogP contribution in [0.3, 0.4) is 0 Å². The molecule has 0 aromatic heterocycles. The van der Waals surface area contributed by atoms with E-state index in [2.05, 4.69) is 6.58 Å². The van der Waals surface area contributed by atoms with Gasteiger partial charge in [-0.3, -0.25) is 0 Å². The zero-order valence-electron chi connectivity index (χ0n) is 13.9. The van der Waals surface area contributed by atoms with E-state index in [-0.39, 0.29) is 32.8 Å². The van der Waals surface area contributed by atoms with Crippen LogP contribution in [0.15, 0.2) is 43.0 Å². The van der Waals surface area contributed by atoms with Crippen molar-refractivity contribution in [3.05, 3.63) is 48.6 Å². The second-order valence-corrected chi connectivity index (χ2v) is 5.52. The fraction of sp³-hybridized carbons (Fsp3) is 0.444. The topological polar surface area (TPSA) is 65.1 Å². The molecule has 1 aliphatic rings. The highest BCUT2D eigenvalue weighted by Gasteiger charge is 2.45. The first-order valence-corrected chi connectivity index (χ1v) is 7.99. The van der Waals surface area contributed by atoms with Crippen LogP contribution in [-0.2, 0) is 25.6 Å². The average molecular weight is 333 g/mol. The fourth-order valence-corrected chi connectivity index (χ4v) is 2.58. The number of carbonyl (C=O) groups is 2. The minimum absolute atomic E-state index is 0.0888. The number of ether oxygens (including phenoxy) is 3. The minimum atomic E-state index is -1.21. The van der Waals surface area contributed by atoms with Crippen LogP contribution in [0.2, 0.25) is 0 Å². The summed E-state index contributed by atoms with van der Waals surface area (Å²) in [5, 5.41) is 0. The number of nitrogens with zero attached hydrogens (tertiary/aromatic N) is 1. The summed E-state index contributed by atoms with van der Waals surface area (Å²) in [5.74, 6) is -0.481. The third-order valence-electron chi connectivity index (χ3n) is 3.77. The Morgan fingerprint density at radius 3 is 2.75 bits per heavy atom. The van der Waals surface area contributed by atoms with Gasteiger partial charge in [0.1, 0.15) is 6.61 Å². The first-order chi connectivity index (χ1) is 11.6. The summed E-state index contributed by atoms with van der Waals surface area (Å²) in [6, 6.07) is 9.43. The molecule has 1 unspecified atom stereocenters. The second kappa shape index (κ2) is 8.49. The molecular weight excluding hydrogens is 310 g/mol. The van der Waals surface area contributed by atoms with Gasteiger partial charge in [0.25, 0.3) is 0 Å². The molecule has 1 aliphatic heterocycles. The molecule has 1 fully saturated rings. The van der Waals surface area contributed by atoms with Gasteiger partial charge in [-0.15, -0.1) is 6.58 Å². The number of amides is 1. The lowest BCUT2D eigenvalue weighted by atomic mass is 9.97. The van der Waals surface area contributed by atoms with Crippen molar-refractivity contribution in [2.45, 2.75) is 25.6 Å². The van der Waals surface area contributed by atoms with Crippen LogP contribution < -0.4 is 0 Å². The van der Waals surface area contributed by atoms with Crippen LogP contribution >= 0.6 is 0 Å². The number of hydrogen-bond acceptors (Lipinski definition) is 5. The molecule has 0 saturated carbocycles. The van der Waals surface area contributed by atoms with E-state index >= 15 is 0 Å². The lowest BCUT2D eigenvalue weighted by molar-refractivity contribution is -0.181. The predicted octanol–water partition coefficient (Wildman–Crippen LogP) is 2.53. The molecule has 1 heterocycles. The molecule has 1 saturated heterocycles. The molecule has 24 heavy (non-hydrogen) atoms. The van der Waals surface area contributed by atoms with E-state index in [0.717, 1.165) is 5.56 Å². The van der Waals surface area contributed by atoms with E-state index in [1.165, 1.54) is 4.90 Å². The molecule has 0 bridgehead atoms. The maximum atomic E-state index is 12.3. The Morgan fingerprint density at radius 2 is 2.08 bits per heavy atom. The molecule has 0 aliphatic carbocycles. The van der Waals surface area contributed by atoms with E-state index in [9.17, 15) is 9.59 Å². The van der Waals surface area contributed by atoms with Gasteiger partial charge in [-0.25, -0.2) is 9.59 Å². The zero-order valence-corrected chi connectivity index (χ0v) is 13.9. The number of benzene rings is 1. The van der Waals surface area contributed by atoms with Gasteiger partial charge in [0.05, 0.1) is 19.8 Å². The first-order valence-electron chi connectivity index (χ1n) is 7.99. The Labute approximate surface area is 142 Å². The van der Waals surface area contributed by atoms with Gasteiger partial charge < -0.3 is 19.1 Å². The van der Waals surface area contributed by atoms with Gasteiger partial charge in [-0.2, -0.15) is 0 Å². The molecular formula is C18H23NO5. The van der Waals surface area contributed by atoms with Crippen molar-refractivity contribution in [2.75, 3.05) is 26.3 Å². The highest BCUT2D eigenvalue weighted by atomic mass is 16.6. The molecule has 0 radical (unpaired) electrons. The monoisotopic (exact) mass is 333 g/mol. The average Bonchev–Trinajstić information content (AvgIpc) is 2.61. The maximum absolute atomic E-state index is 12.3. The SMILES string of the molecule is C=CCC1(C(=O)OCC)CN(C(=O)OCc2ccccc2)CCO1. The van der Waals surface area contributed by atoms with Crippen LogP contribution in [0.25, 0.3) is 0 Å². The predicted molar refractivity (Wildman–Crippen MR) is 88.3 cm³/mol. The molecule has 6 nitrogen and oxygen atoms in total. The summed E-state index contributed by atoms with van der Waals surface area (Å²) >= 11 is 0. The highest BCUT2D eigenvalue weighted by molar-refractivity contribution is 5.81. The first kappa shape index (κ1) is 18.0. The largest absolute Gasteiger partial charge is 0.464 e. The second-order valence-electron chi connectivity index (χ2n) is 5.52. The van der Waals surface area contributed by atoms with Crippen LogP contribution in [-0.4, -0.2) is 48.9 Å². The van der Waals surface area contributed by atoms with Gasteiger partial charge in [-0.05, 0) is 12.5 Å². The number of hydrogen-bond donors (Lipinski definition) is 0. The smallest absolute Gasteiger partial charge is 0.410 e. The summed E-state index contributed by atoms with van der Waals surface area (Å²) in [6.07, 6.45) is 1.39. The van der Waals surface area contributed by atoms with Crippen molar-refractivity contribution in [1.82, 2.24) is 4.90 Å². The van der Waals surface area contributed by atoms with Crippen LogP contribution in [0, 0.1) is 0 Å². The summed E-state index contributed by atoms with van der Waals surface area (Å²) in [4.78, 5) is 26.1. The highest BCUT2D eigenvalue weighted by Crippen LogP contribution is 2.25. The fourth-order valence-electron chi connectivity index (χ4n) is 2.58. The Hall–Kier alpha value is -2.34. The Kier molecular flexibility index (Phi) is 6.37. The maximum Gasteiger partial charge on any atom is 0.410 e. The van der Waals surface area contributed by atoms with E-state index < -0.39 is 17.7 Å². The number of esters is 1. The number of carbonyl (C=O) groups excluding carboxylic acids is 2. The van der Waals surface area contributed by atoms with Crippen LogP contribution in [0.4, 0.5) is 4.79 Å². The van der Waals surface area contributed by atoms with Crippen molar-refractivity contribution >= 4 is 12.1 Å². The molecule has 130 valence electrons. The van der Waals surface area contributed by atoms with Crippen molar-refractivity contribution in [1.29, 1.82) is 0 Å². The van der Waals surface area contributed by atoms with Crippen molar-refractivity contribution in [3.63, 3.8) is 0 Å². The molecule has 1 amide bonds. The van der Waals surface area contributed by atoms with Gasteiger partial charge in [0.15, 0.2) is 5.60 Å². The third-order valence-corrected chi connectivity index (χ3v) is 3.77. The molecule has 0 spiro atoms. The molecule has 6 heteroatoms. The molecule has 1 aromatic carbocycles. The van der Waals surface area contributed by atoms with Crippen LogP contribution in [0.1, 0.15) is 18.9 Å². The lowest BCUT2D eigenvalue weighted by Crippen LogP contribution is -2.58. The molecule has 2 rings (SSSR count). The normalized spacial score (nSPS) is 20.3. The van der Waals surface area contributed by atoms with Crippen LogP contribution in [0.5, 0.6) is 0 Å². The minimum Gasteiger partial charge on any atom is -0.464 e. The van der Waals surface area contributed by atoms with Gasteiger partial charge in [0.2, 0.25) is 0 Å². The van der Waals surface area contributed by atoms with Crippen molar-refractivity contribution in [3.8, 4) is 0 Å². The lowest BCUT2D eigenvalue weighted by Gasteiger charge is -2.39. The summed E-state index contributed by atoms with van der Waals surface area (Å²) in [5.41, 5.74) is -0.302. The van der Waals surface area contributed by atoms with E-state index in [1.54, 1.807) is 13.0 Å². The quantitative estimate of drug-likeness (QED) is 0.591. The number of morpholine rings is 1. The number of rotatable bonds is 6. The van der Waals surface area contributed by atoms with E-state index in [4.69, 9.17) is 14.2 Å². The van der Waals surface area contributed by atoms with Crippen molar-refractivity contribution in [2.24, 2.45) is 0 Å². The third kappa shape index (κ3) is 4.35. The Morgan fingerprint density at radius 1 is 1.33 bits per heavy atom. The summed E-state index contributed by atoms with van der Waals surface area (Å²) in [6.45, 7) is 6.53. The van der Waals surface area contributed by atoms with Crippen molar-refractivity contribution < 1.29 is 23.8 Å². The molecule has 0 N–H and O–H groups in total. The summed E-state index contributed by atoms with van der Waals surface area (Å²) in [7, 11) is 0. The molecule has 1 atom stereocenters. The van der Waals surface area contributed by atoms with Gasteiger partial charge >= 0.3 is 12.1 Å². The Bertz CT molecular complexity index is 574. The van der Waals surface area contributed by atoms with Gasteiger partial charge in [-0.1, -0.05) is 36.4 Å². The van der Waals surface area contributed by atoms with E-state index in [1.807, 2.05) is 30.3 Å². The standard InChI is InChI=1S/C18H23NO5/c1-3-10-18(16(20)22-4-2)14-19(11-12-24-18)17(21)23-13-15-8-6-5-7-9-15/h3,5-9H,1,4,10-14H2,2H3. The van der Waals surface area contributed by atoms with E-state index in [0.29, 0.717) is 6.54 Å². The Balaban J connectivity index is 2.00.